The first-order valence-electron chi connectivity index (χ1n) is 12.1. The van der Waals surface area contributed by atoms with Crippen LogP contribution in [-0.2, 0) is 12.5 Å². The summed E-state index contributed by atoms with van der Waals surface area (Å²) < 4.78 is 35.8. The van der Waals surface area contributed by atoms with Gasteiger partial charge in [-0.1, -0.05) is 23.2 Å². The van der Waals surface area contributed by atoms with Gasteiger partial charge in [0.25, 0.3) is 5.91 Å². The predicted molar refractivity (Wildman–Crippen MR) is 137 cm³/mol. The van der Waals surface area contributed by atoms with Crippen molar-refractivity contribution in [3.05, 3.63) is 45.8 Å². The number of hydrogen-bond donors (Lipinski definition) is 3. The van der Waals surface area contributed by atoms with Crippen molar-refractivity contribution in [1.82, 2.24) is 20.1 Å². The number of ether oxygens (including phenoxy) is 1. The fourth-order valence-corrected chi connectivity index (χ4v) is 5.33. The summed E-state index contributed by atoms with van der Waals surface area (Å²) in [5, 5.41) is 21.7. The molecule has 0 saturated heterocycles. The highest BCUT2D eigenvalue weighted by Crippen LogP contribution is 2.48. The number of nitrogens with zero attached hydrogens (tertiary/aromatic N) is 3. The van der Waals surface area contributed by atoms with Gasteiger partial charge in [0.05, 0.1) is 28.9 Å². The average molecular weight is 554 g/mol. The van der Waals surface area contributed by atoms with Crippen LogP contribution in [0.25, 0.3) is 10.9 Å². The van der Waals surface area contributed by atoms with E-state index in [4.69, 9.17) is 27.9 Å². The summed E-state index contributed by atoms with van der Waals surface area (Å²) in [5.41, 5.74) is -0.338. The van der Waals surface area contributed by atoms with E-state index < -0.39 is 18.1 Å². The highest BCUT2D eigenvalue weighted by Gasteiger charge is 2.45. The summed E-state index contributed by atoms with van der Waals surface area (Å²) >= 11 is 12.4. The molecule has 1 aliphatic carbocycles. The van der Waals surface area contributed by atoms with E-state index in [1.54, 1.807) is 32.0 Å². The molecule has 0 unspecified atom stereocenters. The molecular weight excluding hydrogens is 527 g/mol. The minimum Gasteiger partial charge on any atom is -0.482 e. The maximum Gasteiger partial charge on any atom is 0.326 e. The summed E-state index contributed by atoms with van der Waals surface area (Å²) in [6.07, 6.45) is 4.44. The Morgan fingerprint density at radius 3 is 2.81 bits per heavy atom. The summed E-state index contributed by atoms with van der Waals surface area (Å²) in [5.74, 6) is -3.50. The number of amides is 1. The third kappa shape index (κ3) is 5.46. The number of hydrogen-bond acceptors (Lipinski definition) is 6. The third-order valence-electron chi connectivity index (χ3n) is 6.51. The van der Waals surface area contributed by atoms with Crippen molar-refractivity contribution in [2.45, 2.75) is 69.7 Å². The van der Waals surface area contributed by atoms with Gasteiger partial charge in [-0.2, -0.15) is 13.9 Å². The number of aliphatic hydroxyl groups is 1. The van der Waals surface area contributed by atoms with Crippen molar-refractivity contribution in [1.29, 1.82) is 0 Å². The fourth-order valence-electron chi connectivity index (χ4n) is 4.93. The maximum absolute atomic E-state index is 14.5. The molecule has 1 fully saturated rings. The van der Waals surface area contributed by atoms with E-state index in [1.165, 1.54) is 10.9 Å². The lowest BCUT2D eigenvalue weighted by Crippen LogP contribution is -2.41. The molecule has 2 atom stereocenters. The number of halogens is 4. The third-order valence-corrected chi connectivity index (χ3v) is 7.03. The molecule has 1 saturated carbocycles. The quantitative estimate of drug-likeness (QED) is 0.390. The molecule has 1 aliphatic heterocycles. The van der Waals surface area contributed by atoms with Crippen molar-refractivity contribution >= 4 is 45.7 Å². The van der Waals surface area contributed by atoms with Gasteiger partial charge in [0.15, 0.2) is 23.2 Å². The first-order valence-corrected chi connectivity index (χ1v) is 12.8. The van der Waals surface area contributed by atoms with Crippen molar-refractivity contribution in [2.75, 3.05) is 11.9 Å². The molecule has 1 amide bonds. The molecule has 3 aromatic rings. The number of anilines is 1. The molecule has 198 valence electrons. The van der Waals surface area contributed by atoms with E-state index in [0.29, 0.717) is 28.0 Å². The molecule has 3 heterocycles. The second kappa shape index (κ2) is 9.56. The minimum absolute atomic E-state index is 0.0388. The van der Waals surface area contributed by atoms with E-state index in [9.17, 15) is 18.7 Å². The van der Waals surface area contributed by atoms with Gasteiger partial charge in [-0.3, -0.25) is 9.48 Å². The zero-order valence-corrected chi connectivity index (χ0v) is 21.8. The molecule has 37 heavy (non-hydrogen) atoms. The number of benzene rings is 1. The second-order valence-electron chi connectivity index (χ2n) is 10.3. The van der Waals surface area contributed by atoms with E-state index >= 15 is 0 Å². The van der Waals surface area contributed by atoms with Crippen LogP contribution in [0.5, 0.6) is 5.75 Å². The van der Waals surface area contributed by atoms with Crippen molar-refractivity contribution < 1.29 is 23.4 Å². The van der Waals surface area contributed by atoms with Crippen LogP contribution in [-0.4, -0.2) is 50.1 Å². The summed E-state index contributed by atoms with van der Waals surface area (Å²) in [4.78, 5) is 17.1. The molecule has 0 bridgehead atoms. The monoisotopic (exact) mass is 553 g/mol. The van der Waals surface area contributed by atoms with Gasteiger partial charge in [-0.25, -0.2) is 4.98 Å². The van der Waals surface area contributed by atoms with Crippen LogP contribution in [0.2, 0.25) is 10.2 Å². The van der Waals surface area contributed by atoms with Crippen LogP contribution in [0.15, 0.2) is 24.4 Å². The van der Waals surface area contributed by atoms with Crippen molar-refractivity contribution in [3.8, 4) is 5.75 Å². The Balaban J connectivity index is 1.34. The zero-order chi connectivity index (χ0) is 26.5. The van der Waals surface area contributed by atoms with E-state index in [-0.39, 0.29) is 46.7 Å². The Hall–Kier alpha value is -2.69. The van der Waals surface area contributed by atoms with Crippen LogP contribution >= 0.6 is 23.2 Å². The molecule has 0 spiro atoms. The van der Waals surface area contributed by atoms with Gasteiger partial charge in [-0.15, -0.1) is 0 Å². The van der Waals surface area contributed by atoms with Gasteiger partial charge in [0.2, 0.25) is 0 Å². The van der Waals surface area contributed by atoms with Crippen LogP contribution in [0.4, 0.5) is 14.5 Å². The largest absolute Gasteiger partial charge is 0.482 e. The summed E-state index contributed by atoms with van der Waals surface area (Å²) in [6, 6.07) is 4.63. The van der Waals surface area contributed by atoms with Crippen LogP contribution < -0.4 is 15.4 Å². The van der Waals surface area contributed by atoms with Gasteiger partial charge < -0.3 is 20.5 Å². The van der Waals surface area contributed by atoms with E-state index in [2.05, 4.69) is 20.7 Å². The van der Waals surface area contributed by atoms with Gasteiger partial charge in [-0.05, 0) is 57.7 Å². The van der Waals surface area contributed by atoms with Crippen LogP contribution in [0.1, 0.15) is 55.6 Å². The number of carbonyl (C=O) groups is 1. The first-order chi connectivity index (χ1) is 17.4. The van der Waals surface area contributed by atoms with Crippen LogP contribution in [0.3, 0.4) is 0 Å². The normalized spacial score (nSPS) is 20.9. The van der Waals surface area contributed by atoms with E-state index in [1.807, 2.05) is 0 Å². The molecule has 8 nitrogen and oxygen atoms in total. The molecule has 0 radical (unpaired) electrons. The Bertz CT molecular complexity index is 1360. The topological polar surface area (TPSA) is 101 Å². The Morgan fingerprint density at radius 2 is 2.05 bits per heavy atom. The molecule has 2 aliphatic rings. The number of nitrogens with one attached hydrogen (secondary N) is 2. The van der Waals surface area contributed by atoms with Gasteiger partial charge in [0, 0.05) is 28.7 Å². The van der Waals surface area contributed by atoms with E-state index in [0.717, 1.165) is 19.3 Å². The van der Waals surface area contributed by atoms with Gasteiger partial charge in [0.1, 0.15) is 0 Å². The zero-order valence-electron chi connectivity index (χ0n) is 20.3. The predicted octanol–water partition coefficient (Wildman–Crippen LogP) is 5.15. The average Bonchev–Trinajstić information content (AvgIpc) is 3.31. The fraction of sp³-hybridized carbons (Fsp3) is 0.480. The van der Waals surface area contributed by atoms with Crippen molar-refractivity contribution in [3.63, 3.8) is 0 Å². The minimum atomic E-state index is -3.18. The Labute approximate surface area is 222 Å². The number of aromatic nitrogens is 3. The molecule has 12 heteroatoms. The smallest absolute Gasteiger partial charge is 0.326 e. The Morgan fingerprint density at radius 1 is 1.30 bits per heavy atom. The lowest BCUT2D eigenvalue weighted by molar-refractivity contribution is -0.0242. The lowest BCUT2D eigenvalue weighted by atomic mass is 9.90. The second-order valence-corrected chi connectivity index (χ2v) is 11.1. The summed E-state index contributed by atoms with van der Waals surface area (Å²) in [6.45, 7) is 2.70. The lowest BCUT2D eigenvalue weighted by Gasteiger charge is -2.31. The van der Waals surface area contributed by atoms with Crippen LogP contribution in [0, 0.1) is 0 Å². The maximum atomic E-state index is 14.5. The number of fused-ring (bicyclic) bond motifs is 2. The number of alkyl halides is 2. The standard InChI is InChI=1S/C25H27Cl2F2N5O3/c1-24(2,36)11-34-10-17(22(27)33-34)23(35)31-15-5-3-4-14(9-15)30-19-16-8-13(26)6-7-18(16)32-21-20(19)37-12-25(21,28)29/h6-8,10,14-15,36H,3-5,9,11-12H2,1-2H3,(H,30,32)(H,31,35)/t14-,15+/m0/s1. The SMILES string of the molecule is CC(C)(O)Cn1cc(C(=O)N[C@@H]2CCC[C@H](Nc3c4c(nc5ccc(Cl)cc35)C(F)(F)CO4)C2)c(Cl)n1. The molecule has 3 N–H and O–H groups in total. The molecule has 5 rings (SSSR count). The van der Waals surface area contributed by atoms with Crippen molar-refractivity contribution in [2.24, 2.45) is 0 Å². The number of carbonyl (C=O) groups excluding carboxylic acids is 1. The first kappa shape index (κ1) is 25.9. The molecular formula is C25H27Cl2F2N5O3. The highest BCUT2D eigenvalue weighted by atomic mass is 35.5. The molecule has 1 aromatic carbocycles. The molecule has 2 aromatic heterocycles. The number of rotatable bonds is 6. The highest BCUT2D eigenvalue weighted by molar-refractivity contribution is 6.32. The summed E-state index contributed by atoms with van der Waals surface area (Å²) in [7, 11) is 0. The number of pyridine rings is 1. The van der Waals surface area contributed by atoms with Gasteiger partial charge >= 0.3 is 5.92 Å². The Kier molecular flexibility index (Phi) is 6.70.